The highest BCUT2D eigenvalue weighted by Crippen LogP contribution is 2.22. The molecule has 2 aromatic rings. The summed E-state index contributed by atoms with van der Waals surface area (Å²) in [7, 11) is 0. The maximum Gasteiger partial charge on any atom is 0.222 e. The highest BCUT2D eigenvalue weighted by Gasteiger charge is 2.05. The van der Waals surface area contributed by atoms with Crippen molar-refractivity contribution in [2.45, 2.75) is 12.7 Å². The number of aryl methyl sites for hydroxylation is 1. The quantitative estimate of drug-likeness (QED) is 0.640. The van der Waals surface area contributed by atoms with Crippen LogP contribution in [-0.4, -0.2) is 18.7 Å². The predicted molar refractivity (Wildman–Crippen MR) is 69.8 cm³/mol. The molecule has 1 atom stereocenters. The predicted octanol–water partition coefficient (Wildman–Crippen LogP) is 2.48. The van der Waals surface area contributed by atoms with Gasteiger partial charge in [-0.25, -0.2) is 9.97 Å². The van der Waals surface area contributed by atoms with Crippen molar-refractivity contribution in [3.63, 3.8) is 0 Å². The molecule has 4 nitrogen and oxygen atoms in total. The highest BCUT2D eigenvalue weighted by atomic mass is 35.5. The molecule has 0 spiro atoms. The molecule has 6 heteroatoms. The topological polar surface area (TPSA) is 65.9 Å². The summed E-state index contributed by atoms with van der Waals surface area (Å²) in [6.45, 7) is 1.90. The summed E-state index contributed by atoms with van der Waals surface area (Å²) >= 11 is 3.69. The van der Waals surface area contributed by atoms with Crippen molar-refractivity contribution in [3.05, 3.63) is 46.9 Å². The summed E-state index contributed by atoms with van der Waals surface area (Å²) in [5.74, 6) is 0.0177. The van der Waals surface area contributed by atoms with Crippen molar-refractivity contribution in [1.82, 2.24) is 9.97 Å². The van der Waals surface area contributed by atoms with E-state index in [4.69, 9.17) is 11.6 Å². The Morgan fingerprint density at radius 2 is 2.00 bits per heavy atom. The van der Waals surface area contributed by atoms with Crippen LogP contribution in [0.4, 0.5) is 0 Å². The number of halogens is 1. The van der Waals surface area contributed by atoms with Crippen molar-refractivity contribution < 1.29 is 8.76 Å². The van der Waals surface area contributed by atoms with E-state index in [1.165, 1.54) is 0 Å². The average Bonchev–Trinajstić information content (AvgIpc) is 2.33. The second kappa shape index (κ2) is 5.56. The summed E-state index contributed by atoms with van der Waals surface area (Å²) in [5.41, 5.74) is 3.30. The first-order valence-electron chi connectivity index (χ1n) is 5.20. The minimum atomic E-state index is -2.07. The molecule has 0 amide bonds. The summed E-state index contributed by atoms with van der Waals surface area (Å²) in [4.78, 5) is 8.06. The van der Waals surface area contributed by atoms with Gasteiger partial charge in [-0.1, -0.05) is 35.3 Å². The first-order valence-corrected chi connectivity index (χ1v) is 6.83. The third-order valence-corrected chi connectivity index (χ3v) is 3.21. The van der Waals surface area contributed by atoms with Crippen molar-refractivity contribution in [3.8, 4) is 11.3 Å². The molecule has 0 fully saturated rings. The van der Waals surface area contributed by atoms with Crippen LogP contribution < -0.4 is 0 Å². The molecular weight excluding hydrogens is 272 g/mol. The third kappa shape index (κ3) is 3.13. The van der Waals surface area contributed by atoms with Crippen molar-refractivity contribution in [2.75, 3.05) is 0 Å². The van der Waals surface area contributed by atoms with Gasteiger partial charge in [-0.2, -0.15) is 0 Å². The molecule has 0 aliphatic rings. The van der Waals surface area contributed by atoms with Crippen LogP contribution in [0.25, 0.3) is 11.3 Å². The fraction of sp³-hybridized carbons (Fsp3) is 0.167. The van der Waals surface area contributed by atoms with Crippen LogP contribution in [0.2, 0.25) is 5.28 Å². The largest absolute Gasteiger partial charge is 0.772 e. The SMILES string of the molecule is Cc1cnc(Cl)nc1-c1ccc(CS(=O)[O-])cc1. The van der Waals surface area contributed by atoms with E-state index in [-0.39, 0.29) is 11.0 Å². The first kappa shape index (κ1) is 13.1. The molecule has 0 saturated heterocycles. The van der Waals surface area contributed by atoms with Crippen LogP contribution in [0.3, 0.4) is 0 Å². The molecule has 1 aromatic carbocycles. The summed E-state index contributed by atoms with van der Waals surface area (Å²) in [6.07, 6.45) is 1.66. The number of rotatable bonds is 3. The zero-order valence-electron chi connectivity index (χ0n) is 9.59. The van der Waals surface area contributed by atoms with E-state index in [0.717, 1.165) is 22.4 Å². The molecule has 1 unspecified atom stereocenters. The molecule has 0 bridgehead atoms. The number of nitrogens with zero attached hydrogens (tertiary/aromatic N) is 2. The minimum absolute atomic E-state index is 0.0177. The molecule has 18 heavy (non-hydrogen) atoms. The van der Waals surface area contributed by atoms with E-state index < -0.39 is 11.1 Å². The maximum atomic E-state index is 10.6. The number of benzene rings is 1. The Bertz CT molecular complexity index is 587. The van der Waals surface area contributed by atoms with E-state index in [1.54, 1.807) is 18.3 Å². The van der Waals surface area contributed by atoms with Crippen molar-refractivity contribution in [2.24, 2.45) is 0 Å². The van der Waals surface area contributed by atoms with Gasteiger partial charge in [0.05, 0.1) is 5.69 Å². The summed E-state index contributed by atoms with van der Waals surface area (Å²) < 4.78 is 21.2. The van der Waals surface area contributed by atoms with E-state index in [0.29, 0.717) is 0 Å². The Morgan fingerprint density at radius 1 is 1.33 bits per heavy atom. The number of hydrogen-bond donors (Lipinski definition) is 0. The standard InChI is InChI=1S/C12H11ClN2O2S/c1-8-6-14-12(13)15-11(8)10-4-2-9(3-5-10)7-18(16)17/h2-6H,7H2,1H3,(H,16,17)/p-1. The van der Waals surface area contributed by atoms with E-state index in [9.17, 15) is 8.76 Å². The monoisotopic (exact) mass is 281 g/mol. The molecular formula is C12H10ClN2O2S-. The maximum absolute atomic E-state index is 10.6. The van der Waals surface area contributed by atoms with Gasteiger partial charge >= 0.3 is 0 Å². The van der Waals surface area contributed by atoms with E-state index in [2.05, 4.69) is 9.97 Å². The van der Waals surface area contributed by atoms with Crippen LogP contribution in [0.5, 0.6) is 0 Å². The van der Waals surface area contributed by atoms with Gasteiger partial charge in [0.15, 0.2) is 0 Å². The number of aromatic nitrogens is 2. The van der Waals surface area contributed by atoms with Crippen LogP contribution in [-0.2, 0) is 16.8 Å². The number of hydrogen-bond acceptors (Lipinski definition) is 4. The molecule has 0 aliphatic carbocycles. The minimum Gasteiger partial charge on any atom is -0.772 e. The zero-order chi connectivity index (χ0) is 13.1. The van der Waals surface area contributed by atoms with E-state index >= 15 is 0 Å². The molecule has 1 aromatic heterocycles. The normalized spacial score (nSPS) is 12.4. The molecule has 94 valence electrons. The molecule has 1 heterocycles. The molecule has 0 N–H and O–H groups in total. The molecule has 2 rings (SSSR count). The van der Waals surface area contributed by atoms with Crippen LogP contribution >= 0.6 is 11.6 Å². The van der Waals surface area contributed by atoms with Gasteiger partial charge in [-0.05, 0) is 29.7 Å². The first-order chi connectivity index (χ1) is 8.56. The fourth-order valence-corrected chi connectivity index (χ4v) is 2.21. The van der Waals surface area contributed by atoms with Gasteiger partial charge in [0.2, 0.25) is 5.28 Å². The zero-order valence-corrected chi connectivity index (χ0v) is 11.2. The molecule has 0 aliphatic heterocycles. The lowest BCUT2D eigenvalue weighted by atomic mass is 10.1. The van der Waals surface area contributed by atoms with Gasteiger partial charge in [0, 0.05) is 17.5 Å². The average molecular weight is 282 g/mol. The van der Waals surface area contributed by atoms with Gasteiger partial charge in [0.1, 0.15) is 0 Å². The van der Waals surface area contributed by atoms with Crippen LogP contribution in [0.15, 0.2) is 30.5 Å². The highest BCUT2D eigenvalue weighted by molar-refractivity contribution is 7.78. The Hall–Kier alpha value is -1.30. The molecule has 0 radical (unpaired) electrons. The van der Waals surface area contributed by atoms with Crippen molar-refractivity contribution >= 4 is 22.7 Å². The molecule has 0 saturated carbocycles. The second-order valence-corrected chi connectivity index (χ2v) is 5.05. The Labute approximate surface area is 112 Å². The lowest BCUT2D eigenvalue weighted by molar-refractivity contribution is 0.536. The van der Waals surface area contributed by atoms with Gasteiger partial charge in [-0.15, -0.1) is 0 Å². The van der Waals surface area contributed by atoms with Gasteiger partial charge in [0.25, 0.3) is 0 Å². The summed E-state index contributed by atoms with van der Waals surface area (Å²) in [5, 5.41) is 0.195. The van der Waals surface area contributed by atoms with E-state index in [1.807, 2.05) is 19.1 Å². The third-order valence-electron chi connectivity index (χ3n) is 2.45. The Balaban J connectivity index is 2.34. The lowest BCUT2D eigenvalue weighted by Gasteiger charge is -2.07. The second-order valence-electron chi connectivity index (χ2n) is 3.82. The van der Waals surface area contributed by atoms with Crippen LogP contribution in [0, 0.1) is 6.92 Å². The smallest absolute Gasteiger partial charge is 0.222 e. The van der Waals surface area contributed by atoms with Crippen molar-refractivity contribution in [1.29, 1.82) is 0 Å². The van der Waals surface area contributed by atoms with Gasteiger partial charge < -0.3 is 4.55 Å². The Kier molecular flexibility index (Phi) is 4.06. The van der Waals surface area contributed by atoms with Gasteiger partial charge in [-0.3, -0.25) is 4.21 Å². The Morgan fingerprint density at radius 3 is 2.61 bits per heavy atom. The fourth-order valence-electron chi connectivity index (χ4n) is 1.61. The van der Waals surface area contributed by atoms with Crippen LogP contribution in [0.1, 0.15) is 11.1 Å². The lowest BCUT2D eigenvalue weighted by Crippen LogP contribution is -1.94. The summed E-state index contributed by atoms with van der Waals surface area (Å²) in [6, 6.07) is 7.18.